The number of nitrogens with zero attached hydrogens (tertiary/aromatic N) is 2. The van der Waals surface area contributed by atoms with E-state index in [1.165, 1.54) is 0 Å². The number of sulfonamides is 1. The molecule has 0 aromatic heterocycles. The third-order valence-electron chi connectivity index (χ3n) is 7.37. The van der Waals surface area contributed by atoms with Crippen LogP contribution in [-0.2, 0) is 21.2 Å². The third-order valence-corrected chi connectivity index (χ3v) is 8.05. The Bertz CT molecular complexity index is 1170. The summed E-state index contributed by atoms with van der Waals surface area (Å²) >= 11 is 0. The second-order valence-electron chi connectivity index (χ2n) is 9.97. The smallest absolute Gasteiger partial charge is 0.320 e. The van der Waals surface area contributed by atoms with Crippen molar-refractivity contribution in [2.45, 2.75) is 44.3 Å². The molecule has 1 heterocycles. The number of halogens is 1. The Morgan fingerprint density at radius 2 is 1.91 bits per heavy atom. The van der Waals surface area contributed by atoms with Gasteiger partial charge in [-0.15, -0.1) is 0 Å². The first-order chi connectivity index (χ1) is 16.6. The van der Waals surface area contributed by atoms with Crippen LogP contribution in [-0.4, -0.2) is 75.9 Å². The van der Waals surface area contributed by atoms with Gasteiger partial charge < -0.3 is 14.5 Å². The van der Waals surface area contributed by atoms with E-state index in [0.29, 0.717) is 24.3 Å². The Kier molecular flexibility index (Phi) is 7.22. The highest BCUT2D eigenvalue weighted by Crippen LogP contribution is 2.55. The molecule has 1 saturated carbocycles. The van der Waals surface area contributed by atoms with Crippen molar-refractivity contribution in [3.05, 3.63) is 59.9 Å². The predicted molar refractivity (Wildman–Crippen MR) is 134 cm³/mol. The van der Waals surface area contributed by atoms with Crippen LogP contribution < -0.4 is 4.72 Å². The van der Waals surface area contributed by atoms with Gasteiger partial charge in [-0.05, 0) is 37.3 Å². The van der Waals surface area contributed by atoms with E-state index in [0.717, 1.165) is 24.7 Å². The molecule has 1 N–H and O–H groups in total. The number of likely N-dealkylation sites (tertiary alicyclic amines) is 1. The van der Waals surface area contributed by atoms with Crippen LogP contribution in [0.25, 0.3) is 11.1 Å². The lowest BCUT2D eigenvalue weighted by atomic mass is 9.91. The molecule has 0 radical (unpaired) electrons. The molecule has 2 aromatic carbocycles. The van der Waals surface area contributed by atoms with Gasteiger partial charge >= 0.3 is 6.03 Å². The first-order valence-corrected chi connectivity index (χ1v) is 13.8. The molecule has 1 saturated heterocycles. The Morgan fingerprint density at radius 3 is 2.51 bits per heavy atom. The van der Waals surface area contributed by atoms with Crippen molar-refractivity contribution in [3.8, 4) is 11.1 Å². The maximum absolute atomic E-state index is 15.7. The normalized spacial score (nSPS) is 21.8. The number of benzene rings is 2. The predicted octanol–water partition coefficient (Wildman–Crippen LogP) is 3.50. The van der Waals surface area contributed by atoms with E-state index < -0.39 is 22.1 Å². The molecule has 7 nitrogen and oxygen atoms in total. The Morgan fingerprint density at radius 1 is 1.23 bits per heavy atom. The average molecular weight is 504 g/mol. The second-order valence-corrected chi connectivity index (χ2v) is 11.8. The first kappa shape index (κ1) is 25.6. The Balaban J connectivity index is 1.70. The van der Waals surface area contributed by atoms with Gasteiger partial charge in [-0.1, -0.05) is 48.5 Å². The fourth-order valence-corrected chi connectivity index (χ4v) is 6.06. The molecule has 35 heavy (non-hydrogen) atoms. The molecule has 2 aliphatic rings. The van der Waals surface area contributed by atoms with Gasteiger partial charge in [0.2, 0.25) is 10.0 Å². The Hall–Kier alpha value is -2.49. The van der Waals surface area contributed by atoms with E-state index in [2.05, 4.69) is 4.72 Å². The number of carbonyl (C=O) groups excluding carboxylic acids is 1. The lowest BCUT2D eigenvalue weighted by molar-refractivity contribution is 0.101. The molecule has 2 amide bonds. The fraction of sp³-hybridized carbons (Fsp3) is 0.500. The van der Waals surface area contributed by atoms with E-state index in [1.807, 2.05) is 37.3 Å². The molecule has 2 fully saturated rings. The Labute approximate surface area is 207 Å². The minimum atomic E-state index is -3.53. The molecule has 4 rings (SSSR count). The highest BCUT2D eigenvalue weighted by atomic mass is 32.2. The summed E-state index contributed by atoms with van der Waals surface area (Å²) < 4.78 is 48.3. The zero-order chi connectivity index (χ0) is 25.4. The molecule has 1 aliphatic carbocycles. The molecule has 9 heteroatoms. The molecule has 2 aromatic rings. The van der Waals surface area contributed by atoms with Crippen LogP contribution in [0.2, 0.25) is 0 Å². The molecule has 0 unspecified atom stereocenters. The number of carbonyl (C=O) groups is 1. The van der Waals surface area contributed by atoms with Crippen molar-refractivity contribution in [3.63, 3.8) is 0 Å². The summed E-state index contributed by atoms with van der Waals surface area (Å²) in [6, 6.07) is 13.2. The summed E-state index contributed by atoms with van der Waals surface area (Å²) in [4.78, 5) is 16.9. The van der Waals surface area contributed by atoms with E-state index in [4.69, 9.17) is 4.74 Å². The average Bonchev–Trinajstić information content (AvgIpc) is 3.55. The maximum atomic E-state index is 15.7. The van der Waals surface area contributed by atoms with Crippen LogP contribution in [0.15, 0.2) is 48.5 Å². The zero-order valence-corrected chi connectivity index (χ0v) is 21.5. The number of hydrogen-bond donors (Lipinski definition) is 1. The number of rotatable bonds is 8. The van der Waals surface area contributed by atoms with Crippen molar-refractivity contribution in [1.29, 1.82) is 0 Å². The standard InChI is InChI=1S/C26H34FN3O4S/c1-18(16-34-3)29(2)25(31)30-17-26(13-14-26)24(28-35(4,32)33)22(30)15-20-11-8-12-21(23(20)27)19-9-6-5-7-10-19/h5-12,18,22,24,28H,13-17H2,1-4H3/t18-,22+,24-/m1/s1. The molecule has 0 bridgehead atoms. The maximum Gasteiger partial charge on any atom is 0.320 e. The highest BCUT2D eigenvalue weighted by Gasteiger charge is 2.61. The number of ether oxygens (including phenoxy) is 1. The van der Waals surface area contributed by atoms with Crippen LogP contribution in [0.4, 0.5) is 9.18 Å². The number of nitrogens with one attached hydrogen (secondary N) is 1. The van der Waals surface area contributed by atoms with E-state index in [1.54, 1.807) is 42.2 Å². The molecule has 190 valence electrons. The quantitative estimate of drug-likeness (QED) is 0.598. The van der Waals surface area contributed by atoms with Crippen molar-refractivity contribution in [1.82, 2.24) is 14.5 Å². The lowest BCUT2D eigenvalue weighted by Gasteiger charge is -2.34. The van der Waals surface area contributed by atoms with Crippen molar-refractivity contribution < 1.29 is 22.3 Å². The largest absolute Gasteiger partial charge is 0.383 e. The van der Waals surface area contributed by atoms with Gasteiger partial charge in [0.15, 0.2) is 0 Å². The van der Waals surface area contributed by atoms with Crippen LogP contribution >= 0.6 is 0 Å². The minimum Gasteiger partial charge on any atom is -0.383 e. The molecule has 3 atom stereocenters. The first-order valence-electron chi connectivity index (χ1n) is 11.9. The topological polar surface area (TPSA) is 79.0 Å². The van der Waals surface area contributed by atoms with Gasteiger partial charge in [-0.2, -0.15) is 0 Å². The van der Waals surface area contributed by atoms with Crippen molar-refractivity contribution >= 4 is 16.1 Å². The highest BCUT2D eigenvalue weighted by molar-refractivity contribution is 7.88. The van der Waals surface area contributed by atoms with Gasteiger partial charge in [-0.25, -0.2) is 22.3 Å². The number of hydrogen-bond acceptors (Lipinski definition) is 4. The van der Waals surface area contributed by atoms with Gasteiger partial charge in [0, 0.05) is 37.7 Å². The van der Waals surface area contributed by atoms with E-state index in [-0.39, 0.29) is 29.7 Å². The number of likely N-dealkylation sites (N-methyl/N-ethyl adjacent to an activating group) is 1. The van der Waals surface area contributed by atoms with Gasteiger partial charge in [0.1, 0.15) is 5.82 Å². The summed E-state index contributed by atoms with van der Waals surface area (Å²) in [7, 11) is -0.231. The summed E-state index contributed by atoms with van der Waals surface area (Å²) in [5.41, 5.74) is 1.39. The summed E-state index contributed by atoms with van der Waals surface area (Å²) in [5, 5.41) is 0. The van der Waals surface area contributed by atoms with Gasteiger partial charge in [0.05, 0.1) is 24.9 Å². The van der Waals surface area contributed by atoms with Crippen LogP contribution in [0.1, 0.15) is 25.3 Å². The molecule has 1 aliphatic heterocycles. The van der Waals surface area contributed by atoms with Crippen LogP contribution in [0, 0.1) is 11.2 Å². The summed E-state index contributed by atoms with van der Waals surface area (Å²) in [6.45, 7) is 2.72. The summed E-state index contributed by atoms with van der Waals surface area (Å²) in [6.07, 6.45) is 2.99. The van der Waals surface area contributed by atoms with Crippen LogP contribution in [0.3, 0.4) is 0 Å². The van der Waals surface area contributed by atoms with E-state index >= 15 is 4.39 Å². The molecular formula is C26H34FN3O4S. The van der Waals surface area contributed by atoms with Crippen LogP contribution in [0.5, 0.6) is 0 Å². The lowest BCUT2D eigenvalue weighted by Crippen LogP contribution is -2.53. The minimum absolute atomic E-state index is 0.164. The second kappa shape index (κ2) is 9.87. The number of amides is 2. The monoisotopic (exact) mass is 503 g/mol. The van der Waals surface area contributed by atoms with Gasteiger partial charge in [0.25, 0.3) is 0 Å². The van der Waals surface area contributed by atoms with Gasteiger partial charge in [-0.3, -0.25) is 0 Å². The van der Waals surface area contributed by atoms with Crippen molar-refractivity contribution in [2.24, 2.45) is 5.41 Å². The fourth-order valence-electron chi connectivity index (χ4n) is 5.19. The zero-order valence-electron chi connectivity index (χ0n) is 20.7. The SMILES string of the molecule is COC[C@@H](C)N(C)C(=O)N1CC2(CC2)[C@H](NS(C)(=O)=O)[C@@H]1Cc1cccc(-c2ccccc2)c1F. The third kappa shape index (κ3) is 5.37. The summed E-state index contributed by atoms with van der Waals surface area (Å²) in [5.74, 6) is -0.345. The number of urea groups is 1. The molecule has 1 spiro atoms. The van der Waals surface area contributed by atoms with Crippen molar-refractivity contribution in [2.75, 3.05) is 33.6 Å². The number of methoxy groups -OCH3 is 1. The van der Waals surface area contributed by atoms with E-state index in [9.17, 15) is 13.2 Å². The molecular weight excluding hydrogens is 469 g/mol.